The highest BCUT2D eigenvalue weighted by molar-refractivity contribution is 8.01. The van der Waals surface area contributed by atoms with E-state index in [9.17, 15) is 9.18 Å². The van der Waals surface area contributed by atoms with E-state index in [1.54, 1.807) is 4.90 Å². The van der Waals surface area contributed by atoms with E-state index in [0.29, 0.717) is 32.5 Å². The lowest BCUT2D eigenvalue weighted by molar-refractivity contribution is -0.144. The van der Waals surface area contributed by atoms with Crippen LogP contribution in [-0.2, 0) is 16.1 Å². The van der Waals surface area contributed by atoms with Crippen molar-refractivity contribution in [2.45, 2.75) is 49.3 Å². The van der Waals surface area contributed by atoms with Gasteiger partial charge in [0.05, 0.1) is 23.2 Å². The average Bonchev–Trinajstić information content (AvgIpc) is 3.10. The van der Waals surface area contributed by atoms with Crippen molar-refractivity contribution in [2.24, 2.45) is 0 Å². The van der Waals surface area contributed by atoms with Crippen molar-refractivity contribution in [2.75, 3.05) is 18.8 Å². The number of aryl methyl sites for hydroxylation is 1. The van der Waals surface area contributed by atoms with Crippen molar-refractivity contribution in [3.63, 3.8) is 0 Å². The Morgan fingerprint density at radius 1 is 1.48 bits per heavy atom. The van der Waals surface area contributed by atoms with Crippen LogP contribution in [0.2, 0.25) is 0 Å². The van der Waals surface area contributed by atoms with Gasteiger partial charge in [0, 0.05) is 24.5 Å². The van der Waals surface area contributed by atoms with Crippen LogP contribution >= 0.6 is 11.8 Å². The van der Waals surface area contributed by atoms with Crippen LogP contribution in [0.4, 0.5) is 4.39 Å². The highest BCUT2D eigenvalue weighted by atomic mass is 32.2. The molecular weight excluding hydrogens is 315 g/mol. The van der Waals surface area contributed by atoms with Gasteiger partial charge >= 0.3 is 0 Å². The molecule has 4 nitrogen and oxygen atoms in total. The lowest BCUT2D eigenvalue weighted by atomic mass is 9.92. The van der Waals surface area contributed by atoms with Gasteiger partial charge in [-0.3, -0.25) is 9.78 Å². The molecule has 6 heteroatoms. The molecule has 1 aromatic rings. The predicted octanol–water partition coefficient (Wildman–Crippen LogP) is 2.50. The van der Waals surface area contributed by atoms with Crippen LogP contribution in [0.15, 0.2) is 18.2 Å². The van der Waals surface area contributed by atoms with Crippen molar-refractivity contribution in [1.29, 1.82) is 0 Å². The maximum absolute atomic E-state index is 13.8. The molecular formula is C17H21FN2O2S. The summed E-state index contributed by atoms with van der Waals surface area (Å²) in [4.78, 5) is 18.1. The first-order valence-electron chi connectivity index (χ1n) is 8.15. The number of carbonyl (C=O) groups is 1. The van der Waals surface area contributed by atoms with Crippen molar-refractivity contribution >= 4 is 17.7 Å². The second-order valence-electron chi connectivity index (χ2n) is 7.03. The molecule has 1 aliphatic carbocycles. The van der Waals surface area contributed by atoms with E-state index in [0.717, 1.165) is 23.6 Å². The Balaban J connectivity index is 1.26. The van der Waals surface area contributed by atoms with Crippen LogP contribution in [0, 0.1) is 6.92 Å². The molecule has 3 fully saturated rings. The predicted molar refractivity (Wildman–Crippen MR) is 87.0 cm³/mol. The number of amides is 1. The lowest BCUT2D eigenvalue weighted by Crippen LogP contribution is -2.62. The quantitative estimate of drug-likeness (QED) is 0.847. The first-order valence-corrected chi connectivity index (χ1v) is 9.13. The van der Waals surface area contributed by atoms with Crippen LogP contribution in [-0.4, -0.2) is 51.2 Å². The molecule has 4 rings (SSSR count). The molecule has 0 radical (unpaired) electrons. The third kappa shape index (κ3) is 2.98. The van der Waals surface area contributed by atoms with E-state index < -0.39 is 5.67 Å². The van der Waals surface area contributed by atoms with Crippen molar-refractivity contribution < 1.29 is 13.9 Å². The zero-order valence-electron chi connectivity index (χ0n) is 13.3. The summed E-state index contributed by atoms with van der Waals surface area (Å²) in [5.74, 6) is 0.645. The third-order valence-corrected chi connectivity index (χ3v) is 6.48. The summed E-state index contributed by atoms with van der Waals surface area (Å²) in [7, 11) is 0. The number of rotatable bonds is 4. The smallest absolute Gasteiger partial charge is 0.260 e. The van der Waals surface area contributed by atoms with Gasteiger partial charge < -0.3 is 9.64 Å². The fourth-order valence-electron chi connectivity index (χ4n) is 3.41. The summed E-state index contributed by atoms with van der Waals surface area (Å²) in [5.41, 5.74) is 0.420. The summed E-state index contributed by atoms with van der Waals surface area (Å²) >= 11 is 1.87. The van der Waals surface area contributed by atoms with Gasteiger partial charge in [-0.05, 0) is 38.3 Å². The number of alkyl halides is 1. The highest BCUT2D eigenvalue weighted by Gasteiger charge is 2.58. The van der Waals surface area contributed by atoms with Gasteiger partial charge in [-0.25, -0.2) is 4.39 Å². The Kier molecular flexibility index (Phi) is 3.65. The van der Waals surface area contributed by atoms with Gasteiger partial charge in [0.15, 0.2) is 5.67 Å². The van der Waals surface area contributed by atoms with E-state index in [4.69, 9.17) is 4.74 Å². The molecule has 23 heavy (non-hydrogen) atoms. The van der Waals surface area contributed by atoms with E-state index in [1.807, 2.05) is 36.9 Å². The summed E-state index contributed by atoms with van der Waals surface area (Å²) in [6, 6.07) is 5.94. The van der Waals surface area contributed by atoms with Crippen molar-refractivity contribution in [3.05, 3.63) is 29.6 Å². The van der Waals surface area contributed by atoms with Gasteiger partial charge in [-0.1, -0.05) is 6.07 Å². The lowest BCUT2D eigenvalue weighted by Gasteiger charge is -2.48. The number of thioether (sulfide) groups is 1. The Bertz CT molecular complexity index is 629. The van der Waals surface area contributed by atoms with Crippen LogP contribution in [0.5, 0.6) is 0 Å². The van der Waals surface area contributed by atoms with Crippen LogP contribution in [0.25, 0.3) is 0 Å². The minimum atomic E-state index is -1.53. The first-order chi connectivity index (χ1) is 11.0. The van der Waals surface area contributed by atoms with E-state index in [1.165, 1.54) is 0 Å². The molecule has 1 saturated carbocycles. The molecule has 3 aliphatic rings. The fourth-order valence-corrected chi connectivity index (χ4v) is 4.96. The summed E-state index contributed by atoms with van der Waals surface area (Å²) in [5, 5.41) is 0. The number of pyridine rings is 1. The van der Waals surface area contributed by atoms with Gasteiger partial charge in [0.2, 0.25) is 0 Å². The SMILES string of the molecule is Cc1cccc(CO[C@@H]2CSC3(C2)CN(C(=O)C2(F)CC2)C3)n1. The minimum Gasteiger partial charge on any atom is -0.371 e. The van der Waals surface area contributed by atoms with Crippen molar-refractivity contribution in [1.82, 2.24) is 9.88 Å². The van der Waals surface area contributed by atoms with Gasteiger partial charge in [0.1, 0.15) is 0 Å². The number of aromatic nitrogens is 1. The Hall–Kier alpha value is -1.14. The molecule has 0 unspecified atom stereocenters. The van der Waals surface area contributed by atoms with Crippen LogP contribution in [0.1, 0.15) is 30.7 Å². The molecule has 1 spiro atoms. The van der Waals surface area contributed by atoms with Crippen molar-refractivity contribution in [3.8, 4) is 0 Å². The molecule has 0 aromatic carbocycles. The first kappa shape index (κ1) is 15.4. The molecule has 2 saturated heterocycles. The summed E-state index contributed by atoms with van der Waals surface area (Å²) < 4.78 is 19.9. The number of carbonyl (C=O) groups excluding carboxylic acids is 1. The highest BCUT2D eigenvalue weighted by Crippen LogP contribution is 2.49. The topological polar surface area (TPSA) is 42.4 Å². The van der Waals surface area contributed by atoms with Gasteiger partial charge in [-0.15, -0.1) is 11.8 Å². The van der Waals surface area contributed by atoms with Gasteiger partial charge in [0.25, 0.3) is 5.91 Å². The second-order valence-corrected chi connectivity index (χ2v) is 8.52. The summed E-state index contributed by atoms with van der Waals surface area (Å²) in [6.07, 6.45) is 1.93. The van der Waals surface area contributed by atoms with E-state index >= 15 is 0 Å². The maximum Gasteiger partial charge on any atom is 0.260 e. The number of likely N-dealkylation sites (tertiary alicyclic amines) is 1. The third-order valence-electron chi connectivity index (χ3n) is 4.91. The normalized spacial score (nSPS) is 27.0. The molecule has 0 bridgehead atoms. The Morgan fingerprint density at radius 3 is 2.96 bits per heavy atom. The second kappa shape index (κ2) is 5.45. The molecule has 1 aromatic heterocycles. The Labute approximate surface area is 139 Å². The number of ether oxygens (including phenoxy) is 1. The minimum absolute atomic E-state index is 0.0889. The number of hydrogen-bond donors (Lipinski definition) is 0. The zero-order chi connectivity index (χ0) is 16.1. The maximum atomic E-state index is 13.8. The van der Waals surface area contributed by atoms with Gasteiger partial charge in [-0.2, -0.15) is 0 Å². The molecule has 124 valence electrons. The van der Waals surface area contributed by atoms with Crippen LogP contribution < -0.4 is 0 Å². The molecule has 3 heterocycles. The number of nitrogens with zero attached hydrogens (tertiary/aromatic N) is 2. The van der Waals surface area contributed by atoms with E-state index in [2.05, 4.69) is 4.98 Å². The van der Waals surface area contributed by atoms with E-state index in [-0.39, 0.29) is 16.8 Å². The molecule has 2 aliphatic heterocycles. The van der Waals surface area contributed by atoms with Crippen LogP contribution in [0.3, 0.4) is 0 Å². The standard InChI is InChI=1S/C17H21FN2O2S/c1-12-3-2-4-13(19-12)8-22-14-7-16(23-9-14)10-20(11-16)15(21)17(18)5-6-17/h2-4,14H,5-11H2,1H3/t14-/m0/s1. The average molecular weight is 336 g/mol. The molecule has 1 atom stereocenters. The number of halogens is 1. The number of hydrogen-bond acceptors (Lipinski definition) is 4. The zero-order valence-corrected chi connectivity index (χ0v) is 14.1. The summed E-state index contributed by atoms with van der Waals surface area (Å²) in [6.45, 7) is 3.84. The molecule has 1 amide bonds. The molecule has 0 N–H and O–H groups in total. The monoisotopic (exact) mass is 336 g/mol. The largest absolute Gasteiger partial charge is 0.371 e. The Morgan fingerprint density at radius 2 is 2.26 bits per heavy atom. The fraction of sp³-hybridized carbons (Fsp3) is 0.647.